The van der Waals surface area contributed by atoms with Gasteiger partial charge in [0.15, 0.2) is 5.15 Å². The van der Waals surface area contributed by atoms with Gasteiger partial charge in [0.2, 0.25) is 0 Å². The largest absolute Gasteiger partial charge is 0.477 e. The highest BCUT2D eigenvalue weighted by atomic mass is 35.5. The van der Waals surface area contributed by atoms with Crippen LogP contribution in [0, 0.1) is 0 Å². The fourth-order valence-electron chi connectivity index (χ4n) is 1.60. The second-order valence-corrected chi connectivity index (χ2v) is 3.59. The number of fused-ring (bicyclic) bond motifs is 1. The summed E-state index contributed by atoms with van der Waals surface area (Å²) >= 11 is 5.88. The van der Waals surface area contributed by atoms with Crippen molar-refractivity contribution in [2.75, 3.05) is 6.61 Å². The molecular formula is C10H9ClN2O3. The van der Waals surface area contributed by atoms with Gasteiger partial charge >= 0.3 is 5.97 Å². The zero-order valence-electron chi connectivity index (χ0n) is 8.22. The number of aromatic carboxylic acids is 1. The summed E-state index contributed by atoms with van der Waals surface area (Å²) in [5.74, 6) is -0.612. The minimum absolute atomic E-state index is 0.0837. The van der Waals surface area contributed by atoms with Crippen LogP contribution in [0.3, 0.4) is 0 Å². The van der Waals surface area contributed by atoms with E-state index in [-0.39, 0.29) is 23.9 Å². The van der Waals surface area contributed by atoms with E-state index in [1.165, 1.54) is 10.5 Å². The van der Waals surface area contributed by atoms with E-state index in [4.69, 9.17) is 21.8 Å². The third kappa shape index (κ3) is 1.64. The number of imidazole rings is 1. The zero-order valence-corrected chi connectivity index (χ0v) is 8.98. The molecule has 0 aliphatic rings. The standard InChI is InChI=1S/C10H9ClN2O3/c11-9-6-2-1-3-7(10(15)16)13(6)8(12-9)4-5-14/h1-3,14H,4-5H2,(H,15,16). The number of aliphatic hydroxyl groups is 1. The number of aliphatic hydroxyl groups excluding tert-OH is 1. The van der Waals surface area contributed by atoms with Crippen LogP contribution in [0.15, 0.2) is 18.2 Å². The van der Waals surface area contributed by atoms with Gasteiger partial charge in [-0.25, -0.2) is 9.78 Å². The number of pyridine rings is 1. The Bertz CT molecular complexity index is 550. The topological polar surface area (TPSA) is 74.8 Å². The quantitative estimate of drug-likeness (QED) is 0.846. The maximum atomic E-state index is 11.0. The molecule has 0 fully saturated rings. The van der Waals surface area contributed by atoms with Gasteiger partial charge < -0.3 is 10.2 Å². The lowest BCUT2D eigenvalue weighted by Gasteiger charge is -2.03. The molecule has 0 spiro atoms. The molecule has 16 heavy (non-hydrogen) atoms. The lowest BCUT2D eigenvalue weighted by molar-refractivity contribution is 0.0688. The molecule has 6 heteroatoms. The summed E-state index contributed by atoms with van der Waals surface area (Å²) in [7, 11) is 0. The summed E-state index contributed by atoms with van der Waals surface area (Å²) in [6.07, 6.45) is 0.262. The normalized spacial score (nSPS) is 10.9. The van der Waals surface area contributed by atoms with E-state index < -0.39 is 5.97 Å². The van der Waals surface area contributed by atoms with Gasteiger partial charge in [-0.3, -0.25) is 4.40 Å². The first-order valence-corrected chi connectivity index (χ1v) is 5.03. The molecule has 2 aromatic heterocycles. The summed E-state index contributed by atoms with van der Waals surface area (Å²) in [6, 6.07) is 4.76. The molecule has 84 valence electrons. The number of carboxylic acid groups (broad SMARTS) is 1. The van der Waals surface area contributed by atoms with Crippen LogP contribution < -0.4 is 0 Å². The van der Waals surface area contributed by atoms with Crippen molar-refractivity contribution < 1.29 is 15.0 Å². The van der Waals surface area contributed by atoms with E-state index in [0.717, 1.165) is 0 Å². The van der Waals surface area contributed by atoms with E-state index in [9.17, 15) is 4.79 Å². The molecule has 0 radical (unpaired) electrons. The highest BCUT2D eigenvalue weighted by molar-refractivity contribution is 6.32. The molecule has 2 heterocycles. The van der Waals surface area contributed by atoms with Crippen LogP contribution in [0.2, 0.25) is 5.15 Å². The Labute approximate surface area is 95.9 Å². The first kappa shape index (κ1) is 10.9. The van der Waals surface area contributed by atoms with Gasteiger partial charge in [0.05, 0.1) is 12.1 Å². The van der Waals surface area contributed by atoms with Crippen molar-refractivity contribution in [1.29, 1.82) is 0 Å². The van der Waals surface area contributed by atoms with Crippen molar-refractivity contribution in [2.24, 2.45) is 0 Å². The minimum Gasteiger partial charge on any atom is -0.477 e. The summed E-state index contributed by atoms with van der Waals surface area (Å²) < 4.78 is 1.45. The number of nitrogens with zero attached hydrogens (tertiary/aromatic N) is 2. The number of halogens is 1. The molecule has 0 bridgehead atoms. The number of carboxylic acids is 1. The highest BCUT2D eigenvalue weighted by Gasteiger charge is 2.15. The third-order valence-corrected chi connectivity index (χ3v) is 2.52. The molecule has 2 N–H and O–H groups in total. The van der Waals surface area contributed by atoms with Gasteiger partial charge in [0.25, 0.3) is 0 Å². The summed E-state index contributed by atoms with van der Waals surface area (Å²) in [6.45, 7) is -0.108. The van der Waals surface area contributed by atoms with Crippen molar-refractivity contribution >= 4 is 23.1 Å². The van der Waals surface area contributed by atoms with Gasteiger partial charge in [0, 0.05) is 6.42 Å². The minimum atomic E-state index is -1.06. The number of hydrogen-bond acceptors (Lipinski definition) is 3. The fourth-order valence-corrected chi connectivity index (χ4v) is 1.85. The van der Waals surface area contributed by atoms with Crippen molar-refractivity contribution in [3.63, 3.8) is 0 Å². The van der Waals surface area contributed by atoms with Crippen LogP contribution >= 0.6 is 11.6 Å². The molecule has 5 nitrogen and oxygen atoms in total. The van der Waals surface area contributed by atoms with E-state index in [1.54, 1.807) is 12.1 Å². The van der Waals surface area contributed by atoms with Crippen molar-refractivity contribution in [1.82, 2.24) is 9.38 Å². The summed E-state index contributed by atoms with van der Waals surface area (Å²) in [4.78, 5) is 15.1. The van der Waals surface area contributed by atoms with E-state index >= 15 is 0 Å². The predicted octanol–water partition coefficient (Wildman–Crippen LogP) is 1.22. The Morgan fingerprint density at radius 1 is 1.50 bits per heavy atom. The molecule has 0 saturated carbocycles. The van der Waals surface area contributed by atoms with Crippen LogP contribution in [-0.4, -0.2) is 32.2 Å². The lowest BCUT2D eigenvalue weighted by atomic mass is 10.3. The molecule has 0 aromatic carbocycles. The molecule has 0 saturated heterocycles. The van der Waals surface area contributed by atoms with Crippen LogP contribution in [0.25, 0.3) is 5.52 Å². The van der Waals surface area contributed by atoms with Gasteiger partial charge in [-0.05, 0) is 12.1 Å². The molecule has 0 aliphatic heterocycles. The van der Waals surface area contributed by atoms with Gasteiger partial charge in [-0.15, -0.1) is 0 Å². The summed E-state index contributed by atoms with van der Waals surface area (Å²) in [5, 5.41) is 18.1. The lowest BCUT2D eigenvalue weighted by Crippen LogP contribution is -2.08. The Balaban J connectivity index is 2.77. The maximum Gasteiger partial charge on any atom is 0.352 e. The van der Waals surface area contributed by atoms with E-state index in [0.29, 0.717) is 11.3 Å². The fraction of sp³-hybridized carbons (Fsp3) is 0.200. The number of aromatic nitrogens is 2. The van der Waals surface area contributed by atoms with Gasteiger partial charge in [-0.1, -0.05) is 17.7 Å². The second-order valence-electron chi connectivity index (χ2n) is 3.23. The SMILES string of the molecule is O=C(O)c1cccc2c(Cl)nc(CCO)n12. The van der Waals surface area contributed by atoms with E-state index in [2.05, 4.69) is 4.98 Å². The number of rotatable bonds is 3. The van der Waals surface area contributed by atoms with Crippen LogP contribution in [0.4, 0.5) is 0 Å². The van der Waals surface area contributed by atoms with Crippen LogP contribution in [0.1, 0.15) is 16.3 Å². The Morgan fingerprint density at radius 2 is 2.25 bits per heavy atom. The predicted molar refractivity (Wildman–Crippen MR) is 58.0 cm³/mol. The molecule has 0 unspecified atom stereocenters. The van der Waals surface area contributed by atoms with Crippen LogP contribution in [0.5, 0.6) is 0 Å². The second kappa shape index (κ2) is 4.11. The molecule has 2 rings (SSSR count). The Morgan fingerprint density at radius 3 is 2.88 bits per heavy atom. The van der Waals surface area contributed by atoms with Gasteiger partial charge in [-0.2, -0.15) is 0 Å². The third-order valence-electron chi connectivity index (χ3n) is 2.24. The highest BCUT2D eigenvalue weighted by Crippen LogP contribution is 2.20. The first-order chi connectivity index (χ1) is 7.65. The van der Waals surface area contributed by atoms with Crippen molar-refractivity contribution in [2.45, 2.75) is 6.42 Å². The molecular weight excluding hydrogens is 232 g/mol. The Hall–Kier alpha value is -1.59. The van der Waals surface area contributed by atoms with Gasteiger partial charge in [0.1, 0.15) is 11.5 Å². The molecule has 0 amide bonds. The average molecular weight is 241 g/mol. The molecule has 2 aromatic rings. The monoisotopic (exact) mass is 240 g/mol. The van der Waals surface area contributed by atoms with Crippen LogP contribution in [-0.2, 0) is 6.42 Å². The first-order valence-electron chi connectivity index (χ1n) is 4.65. The number of carbonyl (C=O) groups is 1. The summed E-state index contributed by atoms with van der Waals surface area (Å²) in [5.41, 5.74) is 0.616. The molecule has 0 aliphatic carbocycles. The zero-order chi connectivity index (χ0) is 11.7. The maximum absolute atomic E-state index is 11.0. The van der Waals surface area contributed by atoms with E-state index in [1.807, 2.05) is 0 Å². The average Bonchev–Trinajstić information content (AvgIpc) is 2.57. The number of hydrogen-bond donors (Lipinski definition) is 2. The van der Waals surface area contributed by atoms with Crippen molar-refractivity contribution in [3.8, 4) is 0 Å². The Kier molecular flexibility index (Phi) is 2.80. The molecule has 0 atom stereocenters. The van der Waals surface area contributed by atoms with Crippen molar-refractivity contribution in [3.05, 3.63) is 34.9 Å². The smallest absolute Gasteiger partial charge is 0.352 e.